The number of ether oxygens (including phenoxy) is 2. The van der Waals surface area contributed by atoms with Crippen molar-refractivity contribution in [3.05, 3.63) is 48.2 Å². The van der Waals surface area contributed by atoms with Crippen LogP contribution in [0, 0.1) is 0 Å². The van der Waals surface area contributed by atoms with Crippen LogP contribution in [0.4, 0.5) is 5.82 Å². The summed E-state index contributed by atoms with van der Waals surface area (Å²) in [6, 6.07) is 11.3. The van der Waals surface area contributed by atoms with Gasteiger partial charge in [0, 0.05) is 39.7 Å². The molecular formula is C21H27N3O4. The number of carbonyl (C=O) groups excluding carboxylic acids is 1. The van der Waals surface area contributed by atoms with E-state index in [0.29, 0.717) is 32.7 Å². The van der Waals surface area contributed by atoms with Crippen molar-refractivity contribution >= 4 is 11.7 Å². The minimum absolute atomic E-state index is 0.159. The number of rotatable bonds is 8. The first-order valence-corrected chi connectivity index (χ1v) is 9.54. The molecule has 0 bridgehead atoms. The minimum atomic E-state index is 0.159. The molecule has 1 aliphatic rings. The van der Waals surface area contributed by atoms with Gasteiger partial charge in [-0.2, -0.15) is 0 Å². The molecule has 28 heavy (non-hydrogen) atoms. The first-order chi connectivity index (χ1) is 13.7. The molecule has 7 nitrogen and oxygen atoms in total. The second kappa shape index (κ2) is 9.94. The van der Waals surface area contributed by atoms with Crippen molar-refractivity contribution in [2.45, 2.75) is 12.8 Å². The van der Waals surface area contributed by atoms with E-state index in [1.54, 1.807) is 19.2 Å². The molecule has 150 valence electrons. The van der Waals surface area contributed by atoms with E-state index in [0.717, 1.165) is 36.6 Å². The summed E-state index contributed by atoms with van der Waals surface area (Å²) in [4.78, 5) is 20.8. The number of amides is 1. The number of benzene rings is 1. The van der Waals surface area contributed by atoms with Crippen molar-refractivity contribution < 1.29 is 19.4 Å². The number of pyridine rings is 1. The van der Waals surface area contributed by atoms with Gasteiger partial charge in [0.2, 0.25) is 5.91 Å². The molecule has 2 heterocycles. The third-order valence-corrected chi connectivity index (χ3v) is 4.80. The normalized spacial score (nSPS) is 14.2. The Morgan fingerprint density at radius 2 is 1.82 bits per heavy atom. The van der Waals surface area contributed by atoms with Gasteiger partial charge < -0.3 is 24.4 Å². The van der Waals surface area contributed by atoms with Crippen LogP contribution in [0.5, 0.6) is 11.5 Å². The lowest BCUT2D eigenvalue weighted by molar-refractivity contribution is -0.131. The van der Waals surface area contributed by atoms with Gasteiger partial charge in [-0.05, 0) is 36.2 Å². The zero-order chi connectivity index (χ0) is 19.8. The summed E-state index contributed by atoms with van der Waals surface area (Å²) in [5.74, 6) is 1.98. The molecule has 0 radical (unpaired) electrons. The lowest BCUT2D eigenvalue weighted by atomic mass is 10.1. The molecule has 0 spiro atoms. The standard InChI is InChI=1S/C21H27N3O4/c1-27-14-15-28-19-6-2-17(3-7-19)4-9-21(26)24-12-10-23(11-13-24)20-8-5-18(25)16-22-20/h2-3,5-8,16,25H,4,9-15H2,1H3. The Labute approximate surface area is 165 Å². The predicted octanol–water partition coefficient (Wildman–Crippen LogP) is 2.09. The van der Waals surface area contributed by atoms with Gasteiger partial charge in [-0.3, -0.25) is 4.79 Å². The Morgan fingerprint density at radius 3 is 2.46 bits per heavy atom. The van der Waals surface area contributed by atoms with Crippen LogP contribution in [0.2, 0.25) is 0 Å². The maximum Gasteiger partial charge on any atom is 0.223 e. The maximum atomic E-state index is 12.5. The fraction of sp³-hybridized carbons (Fsp3) is 0.429. The van der Waals surface area contributed by atoms with Crippen LogP contribution in [-0.2, 0) is 16.0 Å². The van der Waals surface area contributed by atoms with Gasteiger partial charge in [-0.15, -0.1) is 0 Å². The smallest absolute Gasteiger partial charge is 0.223 e. The lowest BCUT2D eigenvalue weighted by Gasteiger charge is -2.35. The van der Waals surface area contributed by atoms with E-state index in [2.05, 4.69) is 9.88 Å². The monoisotopic (exact) mass is 385 g/mol. The van der Waals surface area contributed by atoms with E-state index in [4.69, 9.17) is 9.47 Å². The molecule has 1 amide bonds. The summed E-state index contributed by atoms with van der Waals surface area (Å²) < 4.78 is 10.5. The van der Waals surface area contributed by atoms with Crippen molar-refractivity contribution in [2.24, 2.45) is 0 Å². The Morgan fingerprint density at radius 1 is 1.07 bits per heavy atom. The van der Waals surface area contributed by atoms with Crippen LogP contribution in [0.1, 0.15) is 12.0 Å². The van der Waals surface area contributed by atoms with Gasteiger partial charge in [0.25, 0.3) is 0 Å². The molecule has 1 aromatic carbocycles. The Balaban J connectivity index is 1.41. The quantitative estimate of drug-likeness (QED) is 0.702. The second-order valence-corrected chi connectivity index (χ2v) is 6.73. The van der Waals surface area contributed by atoms with E-state index in [1.807, 2.05) is 29.2 Å². The van der Waals surface area contributed by atoms with Crippen molar-refractivity contribution in [1.82, 2.24) is 9.88 Å². The largest absolute Gasteiger partial charge is 0.506 e. The SMILES string of the molecule is COCCOc1ccc(CCC(=O)N2CCN(c3ccc(O)cn3)CC2)cc1. The number of anilines is 1. The average Bonchev–Trinajstić information content (AvgIpc) is 2.74. The second-order valence-electron chi connectivity index (χ2n) is 6.73. The molecule has 1 saturated heterocycles. The van der Waals surface area contributed by atoms with Gasteiger partial charge in [0.1, 0.15) is 23.9 Å². The highest BCUT2D eigenvalue weighted by Gasteiger charge is 2.21. The van der Waals surface area contributed by atoms with Crippen molar-refractivity contribution in [1.29, 1.82) is 0 Å². The first-order valence-electron chi connectivity index (χ1n) is 9.54. The van der Waals surface area contributed by atoms with E-state index in [-0.39, 0.29) is 11.7 Å². The molecular weight excluding hydrogens is 358 g/mol. The van der Waals surface area contributed by atoms with Crippen LogP contribution in [0.15, 0.2) is 42.6 Å². The lowest BCUT2D eigenvalue weighted by Crippen LogP contribution is -2.49. The highest BCUT2D eigenvalue weighted by atomic mass is 16.5. The number of aromatic nitrogens is 1. The molecule has 1 fully saturated rings. The molecule has 1 aliphatic heterocycles. The van der Waals surface area contributed by atoms with Gasteiger partial charge in [0.15, 0.2) is 0 Å². The summed E-state index contributed by atoms with van der Waals surface area (Å²) in [6.07, 6.45) is 2.67. The molecule has 2 aromatic rings. The highest BCUT2D eigenvalue weighted by molar-refractivity contribution is 5.76. The van der Waals surface area contributed by atoms with Crippen LogP contribution in [0.25, 0.3) is 0 Å². The summed E-state index contributed by atoms with van der Waals surface area (Å²) >= 11 is 0. The fourth-order valence-electron chi connectivity index (χ4n) is 3.15. The van der Waals surface area contributed by atoms with Gasteiger partial charge in [-0.1, -0.05) is 12.1 Å². The van der Waals surface area contributed by atoms with Crippen LogP contribution < -0.4 is 9.64 Å². The fourth-order valence-corrected chi connectivity index (χ4v) is 3.15. The van der Waals surface area contributed by atoms with Gasteiger partial charge >= 0.3 is 0 Å². The molecule has 7 heteroatoms. The number of piperazine rings is 1. The third-order valence-electron chi connectivity index (χ3n) is 4.80. The Bertz CT molecular complexity index is 741. The number of hydrogen-bond acceptors (Lipinski definition) is 6. The average molecular weight is 385 g/mol. The van der Waals surface area contributed by atoms with Crippen LogP contribution >= 0.6 is 0 Å². The number of methoxy groups -OCH3 is 1. The Hall–Kier alpha value is -2.80. The molecule has 3 rings (SSSR count). The van der Waals surface area contributed by atoms with Gasteiger partial charge in [0.05, 0.1) is 12.8 Å². The van der Waals surface area contributed by atoms with Crippen molar-refractivity contribution in [3.8, 4) is 11.5 Å². The topological polar surface area (TPSA) is 75.1 Å². The molecule has 1 aromatic heterocycles. The summed E-state index contributed by atoms with van der Waals surface area (Å²) in [6.45, 7) is 3.96. The highest BCUT2D eigenvalue weighted by Crippen LogP contribution is 2.17. The zero-order valence-electron chi connectivity index (χ0n) is 16.2. The summed E-state index contributed by atoms with van der Waals surface area (Å²) in [5, 5.41) is 9.34. The van der Waals surface area contributed by atoms with E-state index < -0.39 is 0 Å². The zero-order valence-corrected chi connectivity index (χ0v) is 16.2. The summed E-state index contributed by atoms with van der Waals surface area (Å²) in [5.41, 5.74) is 1.12. The maximum absolute atomic E-state index is 12.5. The Kier molecular flexibility index (Phi) is 7.08. The summed E-state index contributed by atoms with van der Waals surface area (Å²) in [7, 11) is 1.65. The number of hydrogen-bond donors (Lipinski definition) is 1. The van der Waals surface area contributed by atoms with Crippen molar-refractivity contribution in [2.75, 3.05) is 51.4 Å². The predicted molar refractivity (Wildman–Crippen MR) is 107 cm³/mol. The minimum Gasteiger partial charge on any atom is -0.506 e. The molecule has 0 unspecified atom stereocenters. The molecule has 0 atom stereocenters. The number of aromatic hydroxyl groups is 1. The molecule has 0 aliphatic carbocycles. The number of aryl methyl sites for hydroxylation is 1. The number of carbonyl (C=O) groups is 1. The number of nitrogens with zero attached hydrogens (tertiary/aromatic N) is 3. The van der Waals surface area contributed by atoms with E-state index >= 15 is 0 Å². The van der Waals surface area contributed by atoms with E-state index in [9.17, 15) is 9.90 Å². The van der Waals surface area contributed by atoms with Crippen LogP contribution in [-0.4, -0.2) is 67.4 Å². The third kappa shape index (κ3) is 5.60. The van der Waals surface area contributed by atoms with E-state index in [1.165, 1.54) is 6.20 Å². The first kappa shape index (κ1) is 19.9. The van der Waals surface area contributed by atoms with Crippen molar-refractivity contribution in [3.63, 3.8) is 0 Å². The molecule has 0 saturated carbocycles. The van der Waals surface area contributed by atoms with Crippen LogP contribution in [0.3, 0.4) is 0 Å². The molecule has 1 N–H and O–H groups in total. The van der Waals surface area contributed by atoms with Gasteiger partial charge in [-0.25, -0.2) is 4.98 Å².